The van der Waals surface area contributed by atoms with Crippen molar-refractivity contribution in [3.05, 3.63) is 17.7 Å². The fourth-order valence-electron chi connectivity index (χ4n) is 3.09. The Hall–Kier alpha value is -1.57. The molecule has 2 fully saturated rings. The molecule has 0 radical (unpaired) electrons. The van der Waals surface area contributed by atoms with Crippen molar-refractivity contribution in [2.45, 2.75) is 49.8 Å². The molecule has 1 aliphatic heterocycles. The van der Waals surface area contributed by atoms with Crippen molar-refractivity contribution >= 4 is 5.91 Å². The van der Waals surface area contributed by atoms with Crippen LogP contribution in [0.4, 0.5) is 13.2 Å². The number of carbonyl (C=O) groups is 1. The standard InChI is InChI=1S/C14H18F3N3O2/c15-14(16,17)10-7-18-11(19-10)9-3-1-6-20(8-9)12(21)13(22)4-2-5-13/h7,9,22H,1-6,8H2,(H,18,19). The number of amides is 1. The third kappa shape index (κ3) is 2.71. The lowest BCUT2D eigenvalue weighted by Crippen LogP contribution is -2.55. The number of halogens is 3. The van der Waals surface area contributed by atoms with Crippen LogP contribution in [0.2, 0.25) is 0 Å². The first-order valence-electron chi connectivity index (χ1n) is 7.43. The van der Waals surface area contributed by atoms with Crippen LogP contribution in [0.3, 0.4) is 0 Å². The summed E-state index contributed by atoms with van der Waals surface area (Å²) in [6.07, 6.45) is -0.543. The average molecular weight is 317 g/mol. The minimum atomic E-state index is -4.45. The normalized spacial score (nSPS) is 24.9. The predicted molar refractivity (Wildman–Crippen MR) is 70.9 cm³/mol. The van der Waals surface area contributed by atoms with Crippen LogP contribution in [0.15, 0.2) is 6.20 Å². The van der Waals surface area contributed by atoms with E-state index in [1.54, 1.807) is 4.90 Å². The highest BCUT2D eigenvalue weighted by atomic mass is 19.4. The van der Waals surface area contributed by atoms with Crippen LogP contribution in [-0.2, 0) is 11.0 Å². The molecular weight excluding hydrogens is 299 g/mol. The largest absolute Gasteiger partial charge is 0.432 e. The van der Waals surface area contributed by atoms with Gasteiger partial charge in [0.15, 0.2) is 0 Å². The lowest BCUT2D eigenvalue weighted by molar-refractivity contribution is -0.161. The van der Waals surface area contributed by atoms with Gasteiger partial charge in [-0.05, 0) is 32.1 Å². The number of nitrogens with zero attached hydrogens (tertiary/aromatic N) is 2. The molecular formula is C14H18F3N3O2. The van der Waals surface area contributed by atoms with Gasteiger partial charge in [-0.3, -0.25) is 4.79 Å². The zero-order valence-corrected chi connectivity index (χ0v) is 12.0. The molecule has 122 valence electrons. The summed E-state index contributed by atoms with van der Waals surface area (Å²) in [6, 6.07) is 0. The molecule has 1 aliphatic carbocycles. The van der Waals surface area contributed by atoms with Gasteiger partial charge in [0.05, 0.1) is 6.20 Å². The van der Waals surface area contributed by atoms with Gasteiger partial charge in [-0.25, -0.2) is 4.98 Å². The maximum atomic E-state index is 12.6. The molecule has 1 aromatic rings. The molecule has 5 nitrogen and oxygen atoms in total. The first kappa shape index (κ1) is 15.3. The SMILES string of the molecule is O=C(N1CCCC(c2ncc(C(F)(F)F)[nH]2)C1)C1(O)CCC1. The predicted octanol–water partition coefficient (Wildman–Crippen LogP) is 2.05. The second kappa shape index (κ2) is 5.26. The number of aromatic nitrogens is 2. The highest BCUT2D eigenvalue weighted by Gasteiger charge is 2.45. The van der Waals surface area contributed by atoms with Gasteiger partial charge < -0.3 is 15.0 Å². The van der Waals surface area contributed by atoms with Crippen LogP contribution < -0.4 is 0 Å². The number of likely N-dealkylation sites (tertiary alicyclic amines) is 1. The number of aliphatic hydroxyl groups is 1. The van der Waals surface area contributed by atoms with E-state index in [4.69, 9.17) is 0 Å². The molecule has 2 aliphatic rings. The third-order valence-corrected chi connectivity index (χ3v) is 4.57. The first-order chi connectivity index (χ1) is 10.3. The van der Waals surface area contributed by atoms with E-state index in [1.165, 1.54) is 0 Å². The molecule has 0 spiro atoms. The van der Waals surface area contributed by atoms with E-state index in [-0.39, 0.29) is 17.6 Å². The maximum absolute atomic E-state index is 12.6. The summed E-state index contributed by atoms with van der Waals surface area (Å²) >= 11 is 0. The van der Waals surface area contributed by atoms with Crippen molar-refractivity contribution in [1.82, 2.24) is 14.9 Å². The van der Waals surface area contributed by atoms with Crippen molar-refractivity contribution in [2.75, 3.05) is 13.1 Å². The summed E-state index contributed by atoms with van der Waals surface area (Å²) in [5.74, 6) is -0.297. The van der Waals surface area contributed by atoms with E-state index in [1.807, 2.05) is 0 Å². The Balaban J connectivity index is 1.70. The molecule has 8 heteroatoms. The van der Waals surface area contributed by atoms with Gasteiger partial charge in [-0.15, -0.1) is 0 Å². The minimum Gasteiger partial charge on any atom is -0.380 e. The van der Waals surface area contributed by atoms with Gasteiger partial charge in [0.1, 0.15) is 17.1 Å². The van der Waals surface area contributed by atoms with Crippen LogP contribution in [0.1, 0.15) is 49.5 Å². The monoisotopic (exact) mass is 317 g/mol. The number of nitrogens with one attached hydrogen (secondary N) is 1. The fourth-order valence-corrected chi connectivity index (χ4v) is 3.09. The number of piperidine rings is 1. The van der Waals surface area contributed by atoms with Crippen LogP contribution in [-0.4, -0.2) is 44.6 Å². The number of carbonyl (C=O) groups excluding carboxylic acids is 1. The van der Waals surface area contributed by atoms with Gasteiger partial charge in [0.25, 0.3) is 5.91 Å². The molecule has 3 rings (SSSR count). The van der Waals surface area contributed by atoms with E-state index < -0.39 is 17.5 Å². The number of rotatable bonds is 2. The Morgan fingerprint density at radius 3 is 2.68 bits per heavy atom. The van der Waals surface area contributed by atoms with Crippen molar-refractivity contribution in [2.24, 2.45) is 0 Å². The zero-order chi connectivity index (χ0) is 16.0. The Morgan fingerprint density at radius 2 is 2.14 bits per heavy atom. The van der Waals surface area contributed by atoms with E-state index in [9.17, 15) is 23.1 Å². The minimum absolute atomic E-state index is 0.252. The summed E-state index contributed by atoms with van der Waals surface area (Å²) in [5.41, 5.74) is -2.13. The quantitative estimate of drug-likeness (QED) is 0.877. The number of alkyl halides is 3. The summed E-state index contributed by atoms with van der Waals surface area (Å²) in [4.78, 5) is 20.0. The number of aromatic amines is 1. The average Bonchev–Trinajstić information content (AvgIpc) is 2.94. The number of hydrogen-bond donors (Lipinski definition) is 2. The number of hydrogen-bond acceptors (Lipinski definition) is 3. The van der Waals surface area contributed by atoms with E-state index in [2.05, 4.69) is 9.97 Å². The molecule has 1 atom stereocenters. The number of H-pyrrole nitrogens is 1. The number of imidazole rings is 1. The summed E-state index contributed by atoms with van der Waals surface area (Å²) in [6.45, 7) is 0.830. The highest BCUT2D eigenvalue weighted by molar-refractivity contribution is 5.86. The van der Waals surface area contributed by atoms with Gasteiger partial charge in [0.2, 0.25) is 0 Å². The lowest BCUT2D eigenvalue weighted by Gasteiger charge is -2.41. The third-order valence-electron chi connectivity index (χ3n) is 4.57. The Morgan fingerprint density at radius 1 is 1.41 bits per heavy atom. The van der Waals surface area contributed by atoms with Gasteiger partial charge in [0, 0.05) is 19.0 Å². The Kier molecular flexibility index (Phi) is 3.66. The van der Waals surface area contributed by atoms with E-state index >= 15 is 0 Å². The smallest absolute Gasteiger partial charge is 0.380 e. The molecule has 1 unspecified atom stereocenters. The molecule has 22 heavy (non-hydrogen) atoms. The zero-order valence-electron chi connectivity index (χ0n) is 12.0. The Bertz CT molecular complexity index is 566. The fraction of sp³-hybridized carbons (Fsp3) is 0.714. The molecule has 1 aromatic heterocycles. The van der Waals surface area contributed by atoms with Crippen molar-refractivity contribution < 1.29 is 23.1 Å². The molecule has 1 amide bonds. The second-order valence-corrected chi connectivity index (χ2v) is 6.16. The van der Waals surface area contributed by atoms with E-state index in [0.717, 1.165) is 12.6 Å². The highest BCUT2D eigenvalue weighted by Crippen LogP contribution is 2.36. The van der Waals surface area contributed by atoms with E-state index in [0.29, 0.717) is 38.8 Å². The summed E-state index contributed by atoms with van der Waals surface area (Å²) in [5, 5.41) is 10.1. The van der Waals surface area contributed by atoms with Crippen molar-refractivity contribution in [3.8, 4) is 0 Å². The van der Waals surface area contributed by atoms with Crippen LogP contribution in [0.5, 0.6) is 0 Å². The second-order valence-electron chi connectivity index (χ2n) is 6.16. The van der Waals surface area contributed by atoms with Crippen LogP contribution in [0, 0.1) is 0 Å². The molecule has 2 N–H and O–H groups in total. The van der Waals surface area contributed by atoms with Gasteiger partial charge in [-0.1, -0.05) is 0 Å². The van der Waals surface area contributed by atoms with Crippen molar-refractivity contribution in [3.63, 3.8) is 0 Å². The molecule has 0 aromatic carbocycles. The first-order valence-corrected chi connectivity index (χ1v) is 7.43. The molecule has 0 bridgehead atoms. The van der Waals surface area contributed by atoms with Gasteiger partial charge >= 0.3 is 6.18 Å². The summed E-state index contributed by atoms with van der Waals surface area (Å²) in [7, 11) is 0. The molecule has 1 saturated heterocycles. The maximum Gasteiger partial charge on any atom is 0.432 e. The molecule has 2 heterocycles. The topological polar surface area (TPSA) is 69.2 Å². The summed E-state index contributed by atoms with van der Waals surface area (Å²) < 4.78 is 37.8. The van der Waals surface area contributed by atoms with Crippen LogP contribution in [0.25, 0.3) is 0 Å². The van der Waals surface area contributed by atoms with Gasteiger partial charge in [-0.2, -0.15) is 13.2 Å². The lowest BCUT2D eigenvalue weighted by atomic mass is 9.78. The molecule has 1 saturated carbocycles. The van der Waals surface area contributed by atoms with Crippen LogP contribution >= 0.6 is 0 Å². The van der Waals surface area contributed by atoms with Crippen molar-refractivity contribution in [1.29, 1.82) is 0 Å². The Labute approximate surface area is 125 Å².